The van der Waals surface area contributed by atoms with Gasteiger partial charge < -0.3 is 11.1 Å². The minimum absolute atomic E-state index is 0. The first-order valence-corrected chi connectivity index (χ1v) is 9.39. The Balaban J connectivity index is 0.00000264. The number of carbonyl (C=O) groups is 1. The Morgan fingerprint density at radius 1 is 1.35 bits per heavy atom. The second-order valence-corrected chi connectivity index (χ2v) is 8.06. The van der Waals surface area contributed by atoms with Gasteiger partial charge in [0.05, 0.1) is 0 Å². The molecule has 1 fully saturated rings. The third-order valence-electron chi connectivity index (χ3n) is 4.35. The quantitative estimate of drug-likeness (QED) is 0.849. The van der Waals surface area contributed by atoms with Crippen molar-refractivity contribution in [3.8, 4) is 0 Å². The van der Waals surface area contributed by atoms with E-state index >= 15 is 0 Å². The Morgan fingerprint density at radius 3 is 2.61 bits per heavy atom. The average molecular weight is 359 g/mol. The molecule has 23 heavy (non-hydrogen) atoms. The van der Waals surface area contributed by atoms with Crippen LogP contribution >= 0.6 is 12.4 Å². The fraction of sp³-hybridized carbons (Fsp3) is 0.588. The summed E-state index contributed by atoms with van der Waals surface area (Å²) in [7, 11) is -0.781. The standard InChI is InChI=1S/C17H26N2O2S.ClH/c1-3-22(21)15-6-4-5-14(11-15)19-17(20)16(18)13-9-7-12(2)8-10-13;/h7-10,14-16H,3-6,11,18H2,1-2H3,(H,19,20);1H. The number of carbonyl (C=O) groups excluding carboxylic acids is 1. The minimum atomic E-state index is -0.781. The van der Waals surface area contributed by atoms with E-state index in [1.807, 2.05) is 38.1 Å². The summed E-state index contributed by atoms with van der Waals surface area (Å²) in [4.78, 5) is 12.3. The summed E-state index contributed by atoms with van der Waals surface area (Å²) in [6.45, 7) is 3.96. The molecule has 0 aliphatic heterocycles. The van der Waals surface area contributed by atoms with E-state index in [9.17, 15) is 9.00 Å². The van der Waals surface area contributed by atoms with Crippen LogP contribution in [0.3, 0.4) is 0 Å². The van der Waals surface area contributed by atoms with Crippen LogP contribution in [0.2, 0.25) is 0 Å². The van der Waals surface area contributed by atoms with Crippen LogP contribution in [0.4, 0.5) is 0 Å². The van der Waals surface area contributed by atoms with E-state index in [4.69, 9.17) is 5.73 Å². The zero-order chi connectivity index (χ0) is 16.1. The van der Waals surface area contributed by atoms with Gasteiger partial charge in [0.1, 0.15) is 6.04 Å². The number of amides is 1. The number of nitrogens with one attached hydrogen (secondary N) is 1. The third kappa shape index (κ3) is 5.59. The third-order valence-corrected chi connectivity index (χ3v) is 6.09. The molecule has 0 spiro atoms. The first kappa shape index (κ1) is 20.1. The molecule has 4 nitrogen and oxygen atoms in total. The van der Waals surface area contributed by atoms with Crippen molar-refractivity contribution in [3.05, 3.63) is 35.4 Å². The van der Waals surface area contributed by atoms with Gasteiger partial charge in [0.2, 0.25) is 5.91 Å². The SMILES string of the molecule is CCS(=O)C1CCCC(NC(=O)C(N)c2ccc(C)cc2)C1.Cl. The molecule has 1 aliphatic carbocycles. The largest absolute Gasteiger partial charge is 0.352 e. The molecule has 4 atom stereocenters. The van der Waals surface area contributed by atoms with Crippen LogP contribution in [-0.4, -0.2) is 27.2 Å². The van der Waals surface area contributed by atoms with Crippen LogP contribution in [0, 0.1) is 6.92 Å². The molecule has 0 aromatic heterocycles. The molecule has 130 valence electrons. The van der Waals surface area contributed by atoms with E-state index in [1.54, 1.807) is 0 Å². The molecular weight excluding hydrogens is 332 g/mol. The lowest BCUT2D eigenvalue weighted by Crippen LogP contribution is -2.44. The Morgan fingerprint density at radius 2 is 2.00 bits per heavy atom. The summed E-state index contributed by atoms with van der Waals surface area (Å²) in [5.74, 6) is 0.547. The van der Waals surface area contributed by atoms with E-state index in [0.717, 1.165) is 36.8 Å². The predicted molar refractivity (Wildman–Crippen MR) is 98.2 cm³/mol. The first-order chi connectivity index (χ1) is 10.5. The summed E-state index contributed by atoms with van der Waals surface area (Å²) >= 11 is 0. The molecule has 0 saturated heterocycles. The van der Waals surface area contributed by atoms with Gasteiger partial charge in [-0.2, -0.15) is 0 Å². The van der Waals surface area contributed by atoms with Gasteiger partial charge in [-0.1, -0.05) is 43.2 Å². The fourth-order valence-electron chi connectivity index (χ4n) is 2.97. The van der Waals surface area contributed by atoms with Crippen molar-refractivity contribution in [2.24, 2.45) is 5.73 Å². The molecule has 0 bridgehead atoms. The summed E-state index contributed by atoms with van der Waals surface area (Å²) in [5.41, 5.74) is 8.03. The number of rotatable bonds is 5. The highest BCUT2D eigenvalue weighted by molar-refractivity contribution is 7.85. The summed E-state index contributed by atoms with van der Waals surface area (Å²) < 4.78 is 12.0. The molecule has 1 aromatic rings. The van der Waals surface area contributed by atoms with Crippen molar-refractivity contribution in [2.45, 2.75) is 56.9 Å². The minimum Gasteiger partial charge on any atom is -0.352 e. The second kappa shape index (κ2) is 9.40. The highest BCUT2D eigenvalue weighted by Crippen LogP contribution is 2.23. The molecule has 0 heterocycles. The van der Waals surface area contributed by atoms with Crippen LogP contribution in [0.5, 0.6) is 0 Å². The summed E-state index contributed by atoms with van der Waals surface area (Å²) in [5, 5.41) is 3.25. The first-order valence-electron chi connectivity index (χ1n) is 8.01. The smallest absolute Gasteiger partial charge is 0.241 e. The number of halogens is 1. The highest BCUT2D eigenvalue weighted by Gasteiger charge is 2.28. The van der Waals surface area contributed by atoms with Gasteiger partial charge >= 0.3 is 0 Å². The lowest BCUT2D eigenvalue weighted by atomic mass is 9.94. The molecule has 1 aliphatic rings. The number of aryl methyl sites for hydroxylation is 1. The van der Waals surface area contributed by atoms with Crippen molar-refractivity contribution in [1.82, 2.24) is 5.32 Å². The van der Waals surface area contributed by atoms with E-state index in [2.05, 4.69) is 5.32 Å². The van der Waals surface area contributed by atoms with Crippen molar-refractivity contribution in [2.75, 3.05) is 5.75 Å². The van der Waals surface area contributed by atoms with E-state index in [1.165, 1.54) is 0 Å². The van der Waals surface area contributed by atoms with Crippen LogP contribution in [0.1, 0.15) is 49.8 Å². The maximum absolute atomic E-state index is 12.3. The zero-order valence-corrected chi connectivity index (χ0v) is 15.4. The number of hydrogen-bond acceptors (Lipinski definition) is 3. The maximum atomic E-state index is 12.3. The Kier molecular flexibility index (Phi) is 8.23. The Hall–Kier alpha value is -0.910. The van der Waals surface area contributed by atoms with Crippen molar-refractivity contribution in [3.63, 3.8) is 0 Å². The highest BCUT2D eigenvalue weighted by atomic mass is 35.5. The van der Waals surface area contributed by atoms with Gasteiger partial charge in [-0.15, -0.1) is 12.4 Å². The van der Waals surface area contributed by atoms with Crippen molar-refractivity contribution < 1.29 is 9.00 Å². The van der Waals surface area contributed by atoms with Crippen molar-refractivity contribution >= 4 is 29.1 Å². The topological polar surface area (TPSA) is 72.2 Å². The van der Waals surface area contributed by atoms with Gasteiger partial charge in [-0.3, -0.25) is 9.00 Å². The molecule has 1 saturated carbocycles. The van der Waals surface area contributed by atoms with Crippen LogP contribution in [-0.2, 0) is 15.6 Å². The second-order valence-electron chi connectivity index (χ2n) is 6.05. The molecule has 4 unspecified atom stereocenters. The number of nitrogens with two attached hydrogens (primary N) is 1. The summed E-state index contributed by atoms with van der Waals surface area (Å²) in [6.07, 6.45) is 3.76. The monoisotopic (exact) mass is 358 g/mol. The lowest BCUT2D eigenvalue weighted by molar-refractivity contribution is -0.123. The molecule has 6 heteroatoms. The van der Waals surface area contributed by atoms with Crippen LogP contribution in [0.15, 0.2) is 24.3 Å². The van der Waals surface area contributed by atoms with E-state index < -0.39 is 16.8 Å². The van der Waals surface area contributed by atoms with Crippen molar-refractivity contribution in [1.29, 1.82) is 0 Å². The predicted octanol–water partition coefficient (Wildman–Crippen LogP) is 2.61. The van der Waals surface area contributed by atoms with Gasteiger partial charge in [0, 0.05) is 27.8 Å². The zero-order valence-electron chi connectivity index (χ0n) is 13.8. The average Bonchev–Trinajstić information content (AvgIpc) is 2.54. The van der Waals surface area contributed by atoms with Crippen LogP contribution in [0.25, 0.3) is 0 Å². The van der Waals surface area contributed by atoms with E-state index in [0.29, 0.717) is 5.75 Å². The normalized spacial score (nSPS) is 23.4. The van der Waals surface area contributed by atoms with E-state index in [-0.39, 0.29) is 29.6 Å². The van der Waals surface area contributed by atoms with Gasteiger partial charge in [0.15, 0.2) is 0 Å². The Labute approximate surface area is 147 Å². The molecular formula is C17H27ClN2O2S. The van der Waals surface area contributed by atoms with Gasteiger partial charge in [-0.05, 0) is 31.7 Å². The van der Waals surface area contributed by atoms with Gasteiger partial charge in [-0.25, -0.2) is 0 Å². The number of benzene rings is 1. The molecule has 3 N–H and O–H groups in total. The fourth-order valence-corrected chi connectivity index (χ4v) is 4.31. The van der Waals surface area contributed by atoms with Gasteiger partial charge in [0.25, 0.3) is 0 Å². The summed E-state index contributed by atoms with van der Waals surface area (Å²) in [6, 6.07) is 7.17. The maximum Gasteiger partial charge on any atom is 0.241 e. The Bertz CT molecular complexity index is 536. The molecule has 0 radical (unpaired) electrons. The van der Waals surface area contributed by atoms with Crippen LogP contribution < -0.4 is 11.1 Å². The molecule has 2 rings (SSSR count). The lowest BCUT2D eigenvalue weighted by Gasteiger charge is -2.29. The molecule has 1 aromatic carbocycles. The number of hydrogen-bond donors (Lipinski definition) is 2. The molecule has 1 amide bonds.